The van der Waals surface area contributed by atoms with E-state index in [9.17, 15) is 14.4 Å². The molecule has 12 saturated carbocycles. The van der Waals surface area contributed by atoms with E-state index >= 15 is 0 Å². The van der Waals surface area contributed by atoms with Crippen LogP contribution in [-0.2, 0) is 28.4 Å². The molecule has 9 heteroatoms. The first-order chi connectivity index (χ1) is 23.2. The lowest BCUT2D eigenvalue weighted by molar-refractivity contribution is -0.174. The molecule has 0 spiro atoms. The minimum absolute atomic E-state index is 0.171. The van der Waals surface area contributed by atoms with Gasteiger partial charge in [-0.15, -0.1) is 0 Å². The number of hydrogen-bond donors (Lipinski definition) is 0. The Morgan fingerprint density at radius 2 is 0.939 bits per heavy atom. The van der Waals surface area contributed by atoms with E-state index in [0.717, 1.165) is 105 Å². The molecule has 12 fully saturated rings. The number of rotatable bonds is 4. The van der Waals surface area contributed by atoms with Crippen LogP contribution < -0.4 is 0 Å². The van der Waals surface area contributed by atoms with Crippen LogP contribution in [-0.4, -0.2) is 56.6 Å². The minimum atomic E-state index is -0.495. The standard InChI is InChI=1S/C14H22O3.2C13H20O3/c1-3-13-5-10-4-11(6-13)8-14(7-10,9-13)17-12(15)16-2;1-12-4-9-3-10(5-12)7-13(6-9,8-12)16-11(14)15-2;1-8-10-3-9-4-11(8)7-13(5-9,6-10)16-12(14)15-2/h10-11H,3-9H2,1-2H3;9-10H,3-8H2,1-2H3;8-11H,3-7H2,1-2H3. The lowest BCUT2D eigenvalue weighted by atomic mass is 9.47. The third kappa shape index (κ3) is 6.91. The van der Waals surface area contributed by atoms with Crippen molar-refractivity contribution in [2.75, 3.05) is 21.3 Å². The third-order valence-corrected chi connectivity index (χ3v) is 15.3. The predicted molar refractivity (Wildman–Crippen MR) is 182 cm³/mol. The van der Waals surface area contributed by atoms with Gasteiger partial charge in [-0.05, 0) is 167 Å². The molecule has 0 aromatic heterocycles. The van der Waals surface area contributed by atoms with Crippen molar-refractivity contribution in [3.05, 3.63) is 0 Å². The maximum atomic E-state index is 11.4. The van der Waals surface area contributed by atoms with E-state index in [0.29, 0.717) is 10.8 Å². The van der Waals surface area contributed by atoms with E-state index in [1.54, 1.807) is 0 Å². The zero-order valence-electron chi connectivity index (χ0n) is 31.0. The largest absolute Gasteiger partial charge is 0.508 e. The molecule has 0 heterocycles. The van der Waals surface area contributed by atoms with E-state index in [4.69, 9.17) is 18.9 Å². The molecule has 0 aromatic carbocycles. The molecule has 49 heavy (non-hydrogen) atoms. The predicted octanol–water partition coefficient (Wildman–Crippen LogP) is 9.63. The highest BCUT2D eigenvalue weighted by Crippen LogP contribution is 2.65. The lowest BCUT2D eigenvalue weighted by Crippen LogP contribution is -2.57. The molecular formula is C40H62O9. The Hall–Kier alpha value is -2.19. The van der Waals surface area contributed by atoms with Crippen LogP contribution in [0.1, 0.15) is 136 Å². The van der Waals surface area contributed by atoms with Crippen molar-refractivity contribution in [2.45, 2.75) is 153 Å². The summed E-state index contributed by atoms with van der Waals surface area (Å²) < 4.78 is 30.9. The summed E-state index contributed by atoms with van der Waals surface area (Å²) in [6, 6.07) is 0. The quantitative estimate of drug-likeness (QED) is 0.211. The second kappa shape index (κ2) is 12.8. The van der Waals surface area contributed by atoms with Gasteiger partial charge >= 0.3 is 18.5 Å². The Kier molecular flexibility index (Phi) is 9.19. The van der Waals surface area contributed by atoms with Crippen LogP contribution in [0.2, 0.25) is 0 Å². The molecule has 0 saturated heterocycles. The normalized spacial score (nSPS) is 48.4. The van der Waals surface area contributed by atoms with Gasteiger partial charge in [0.1, 0.15) is 16.8 Å². The van der Waals surface area contributed by atoms with Crippen molar-refractivity contribution in [1.82, 2.24) is 0 Å². The van der Waals surface area contributed by atoms with Crippen LogP contribution in [0.5, 0.6) is 0 Å². The highest BCUT2D eigenvalue weighted by atomic mass is 16.7. The van der Waals surface area contributed by atoms with E-state index < -0.39 is 18.5 Å². The third-order valence-electron chi connectivity index (χ3n) is 15.3. The maximum absolute atomic E-state index is 11.4. The fraction of sp³-hybridized carbons (Fsp3) is 0.925. The summed E-state index contributed by atoms with van der Waals surface area (Å²) in [5, 5.41) is 0. The average molecular weight is 687 g/mol. The number of carbonyl (C=O) groups excluding carboxylic acids is 3. The zero-order valence-corrected chi connectivity index (χ0v) is 31.0. The number of methoxy groups -OCH3 is 3. The SMILES string of the molecule is CCC12CC3CC(C1)CC(OC(=O)OC)(C3)C2.COC(=O)OC12CC3CC(C1)C(C)C(C3)C2.COC(=O)OC12CC3CC(CC(C)(C3)C1)C2. The Morgan fingerprint density at radius 1 is 0.531 bits per heavy atom. The molecule has 6 atom stereocenters. The molecule has 0 N–H and O–H groups in total. The highest BCUT2D eigenvalue weighted by molar-refractivity contribution is 5.61. The van der Waals surface area contributed by atoms with Crippen LogP contribution in [0.3, 0.4) is 0 Å². The van der Waals surface area contributed by atoms with Crippen molar-refractivity contribution >= 4 is 18.5 Å². The Balaban J connectivity index is 0.000000116. The molecule has 0 amide bonds. The van der Waals surface area contributed by atoms with Gasteiger partial charge in [0.25, 0.3) is 0 Å². The first-order valence-corrected chi connectivity index (χ1v) is 19.5. The van der Waals surface area contributed by atoms with Crippen molar-refractivity contribution in [1.29, 1.82) is 0 Å². The lowest BCUT2D eigenvalue weighted by Gasteiger charge is -2.61. The summed E-state index contributed by atoms with van der Waals surface area (Å²) in [5.41, 5.74) is 0.325. The molecule has 0 radical (unpaired) electrons. The summed E-state index contributed by atoms with van der Waals surface area (Å²) in [6.45, 7) is 7.03. The number of hydrogen-bond acceptors (Lipinski definition) is 9. The Bertz CT molecular complexity index is 1230. The van der Waals surface area contributed by atoms with Crippen LogP contribution >= 0.6 is 0 Å². The van der Waals surface area contributed by atoms with Gasteiger partial charge in [0, 0.05) is 0 Å². The molecule has 12 aliphatic rings. The van der Waals surface area contributed by atoms with Crippen molar-refractivity contribution < 1.29 is 42.8 Å². The Labute approximate surface area is 293 Å². The van der Waals surface area contributed by atoms with Gasteiger partial charge in [0.15, 0.2) is 0 Å². The first kappa shape index (κ1) is 35.2. The van der Waals surface area contributed by atoms with E-state index in [1.165, 1.54) is 79.1 Å². The smallest absolute Gasteiger partial charge is 0.438 e. The van der Waals surface area contributed by atoms with Crippen LogP contribution in [0.15, 0.2) is 0 Å². The molecule has 276 valence electrons. The summed E-state index contributed by atoms with van der Waals surface area (Å²) in [4.78, 5) is 34.1. The molecule has 0 aliphatic heterocycles. The van der Waals surface area contributed by atoms with Crippen LogP contribution in [0.4, 0.5) is 14.4 Å². The molecule has 12 rings (SSSR count). The highest BCUT2D eigenvalue weighted by Gasteiger charge is 2.60. The van der Waals surface area contributed by atoms with Crippen molar-refractivity contribution in [3.63, 3.8) is 0 Å². The summed E-state index contributed by atoms with van der Waals surface area (Å²) in [6.07, 6.45) is 20.1. The molecule has 0 aromatic rings. The van der Waals surface area contributed by atoms with Crippen LogP contribution in [0.25, 0.3) is 0 Å². The van der Waals surface area contributed by atoms with Crippen molar-refractivity contribution in [2.24, 2.45) is 58.2 Å². The van der Waals surface area contributed by atoms with Crippen molar-refractivity contribution in [3.8, 4) is 0 Å². The summed E-state index contributed by atoms with van der Waals surface area (Å²) in [7, 11) is 4.19. The zero-order chi connectivity index (χ0) is 34.8. The molecule has 12 bridgehead atoms. The van der Waals surface area contributed by atoms with Gasteiger partial charge in [0.05, 0.1) is 21.3 Å². The molecular weight excluding hydrogens is 624 g/mol. The average Bonchev–Trinajstić information content (AvgIpc) is 3.01. The van der Waals surface area contributed by atoms with E-state index in [1.807, 2.05) is 0 Å². The second-order valence-corrected chi connectivity index (χ2v) is 19.1. The molecule has 12 aliphatic carbocycles. The number of carbonyl (C=O) groups is 3. The fourth-order valence-corrected chi connectivity index (χ4v) is 14.6. The van der Waals surface area contributed by atoms with E-state index in [-0.39, 0.29) is 16.8 Å². The van der Waals surface area contributed by atoms with E-state index in [2.05, 4.69) is 30.2 Å². The summed E-state index contributed by atoms with van der Waals surface area (Å²) >= 11 is 0. The molecule has 6 unspecified atom stereocenters. The van der Waals surface area contributed by atoms with Gasteiger partial charge in [-0.25, -0.2) is 14.4 Å². The van der Waals surface area contributed by atoms with Gasteiger partial charge < -0.3 is 28.4 Å². The minimum Gasteiger partial charge on any atom is -0.438 e. The van der Waals surface area contributed by atoms with Gasteiger partial charge in [0.2, 0.25) is 0 Å². The fourth-order valence-electron chi connectivity index (χ4n) is 14.6. The maximum Gasteiger partial charge on any atom is 0.508 e. The van der Waals surface area contributed by atoms with Gasteiger partial charge in [-0.2, -0.15) is 0 Å². The summed E-state index contributed by atoms with van der Waals surface area (Å²) in [5.74, 6) is 6.27. The number of ether oxygens (including phenoxy) is 6. The van der Waals surface area contributed by atoms with Gasteiger partial charge in [-0.3, -0.25) is 0 Å². The van der Waals surface area contributed by atoms with Gasteiger partial charge in [-0.1, -0.05) is 27.2 Å². The second-order valence-electron chi connectivity index (χ2n) is 19.1. The molecule has 9 nitrogen and oxygen atoms in total. The Morgan fingerprint density at radius 3 is 1.37 bits per heavy atom. The topological polar surface area (TPSA) is 107 Å². The van der Waals surface area contributed by atoms with Crippen LogP contribution in [0, 0.1) is 58.2 Å². The monoisotopic (exact) mass is 686 g/mol. The first-order valence-electron chi connectivity index (χ1n) is 19.5.